The largest absolute Gasteiger partial charge is 0.497 e. The van der Waals surface area contributed by atoms with Crippen molar-refractivity contribution >= 4 is 23.5 Å². The summed E-state index contributed by atoms with van der Waals surface area (Å²) in [5.74, 6) is -1.43. The molecule has 0 aliphatic rings. The van der Waals surface area contributed by atoms with Crippen molar-refractivity contribution < 1.29 is 24.5 Å². The van der Waals surface area contributed by atoms with Gasteiger partial charge in [-0.05, 0) is 35.9 Å². The Morgan fingerprint density at radius 3 is 2.66 bits per heavy atom. The molecular formula is C20H18ClN3O5. The van der Waals surface area contributed by atoms with E-state index in [1.54, 1.807) is 48.5 Å². The second-order valence-corrected chi connectivity index (χ2v) is 6.62. The molecule has 0 radical (unpaired) electrons. The van der Waals surface area contributed by atoms with Crippen LogP contribution in [0.2, 0.25) is 5.02 Å². The van der Waals surface area contributed by atoms with Gasteiger partial charge in [0.15, 0.2) is 5.69 Å². The van der Waals surface area contributed by atoms with Crippen molar-refractivity contribution in [2.45, 2.75) is 12.5 Å². The number of rotatable bonds is 7. The van der Waals surface area contributed by atoms with Crippen LogP contribution in [0, 0.1) is 0 Å². The molecule has 0 saturated heterocycles. The molecule has 1 heterocycles. The summed E-state index contributed by atoms with van der Waals surface area (Å²) >= 11 is 5.96. The number of halogens is 1. The number of nitrogens with one attached hydrogen (secondary N) is 1. The number of amides is 1. The maximum Gasteiger partial charge on any atom is 0.305 e. The SMILES string of the molecule is COc1cccc([C@H](CC(=O)O)NC(=O)c2cc(O)n(-c3cccc(Cl)c3)n2)c1. The molecule has 1 amide bonds. The molecule has 0 spiro atoms. The molecule has 0 aliphatic carbocycles. The molecule has 29 heavy (non-hydrogen) atoms. The van der Waals surface area contributed by atoms with Crippen LogP contribution in [0.5, 0.6) is 11.6 Å². The number of carbonyl (C=O) groups excluding carboxylic acids is 1. The van der Waals surface area contributed by atoms with E-state index in [9.17, 15) is 19.8 Å². The highest BCUT2D eigenvalue weighted by molar-refractivity contribution is 6.30. The van der Waals surface area contributed by atoms with E-state index >= 15 is 0 Å². The smallest absolute Gasteiger partial charge is 0.305 e. The van der Waals surface area contributed by atoms with E-state index in [1.807, 2.05) is 0 Å². The van der Waals surface area contributed by atoms with E-state index < -0.39 is 17.9 Å². The van der Waals surface area contributed by atoms with Crippen LogP contribution in [0.3, 0.4) is 0 Å². The van der Waals surface area contributed by atoms with Gasteiger partial charge in [-0.3, -0.25) is 9.59 Å². The summed E-state index contributed by atoms with van der Waals surface area (Å²) in [5, 5.41) is 26.6. The van der Waals surface area contributed by atoms with Gasteiger partial charge in [-0.15, -0.1) is 0 Å². The molecule has 8 nitrogen and oxygen atoms in total. The normalized spacial score (nSPS) is 11.7. The van der Waals surface area contributed by atoms with Gasteiger partial charge in [0.1, 0.15) is 5.75 Å². The number of benzene rings is 2. The molecule has 3 aromatic rings. The van der Waals surface area contributed by atoms with E-state index in [0.29, 0.717) is 22.0 Å². The first kappa shape index (κ1) is 20.2. The summed E-state index contributed by atoms with van der Waals surface area (Å²) in [6, 6.07) is 13.8. The van der Waals surface area contributed by atoms with Gasteiger partial charge in [-0.25, -0.2) is 4.68 Å². The lowest BCUT2D eigenvalue weighted by molar-refractivity contribution is -0.137. The van der Waals surface area contributed by atoms with Gasteiger partial charge >= 0.3 is 5.97 Å². The molecule has 0 unspecified atom stereocenters. The van der Waals surface area contributed by atoms with E-state index in [2.05, 4.69) is 10.4 Å². The van der Waals surface area contributed by atoms with Gasteiger partial charge in [-0.2, -0.15) is 5.10 Å². The molecule has 1 atom stereocenters. The third-order valence-electron chi connectivity index (χ3n) is 4.16. The monoisotopic (exact) mass is 415 g/mol. The molecule has 9 heteroatoms. The number of hydrogen-bond acceptors (Lipinski definition) is 5. The zero-order valence-corrected chi connectivity index (χ0v) is 16.1. The molecule has 1 aromatic heterocycles. The topological polar surface area (TPSA) is 114 Å². The van der Waals surface area contributed by atoms with E-state index in [-0.39, 0.29) is 18.0 Å². The van der Waals surface area contributed by atoms with Gasteiger partial charge in [0.2, 0.25) is 5.88 Å². The minimum Gasteiger partial charge on any atom is -0.497 e. The second-order valence-electron chi connectivity index (χ2n) is 6.18. The molecule has 0 aliphatic heterocycles. The van der Waals surface area contributed by atoms with Crippen LogP contribution < -0.4 is 10.1 Å². The minimum absolute atomic E-state index is 0.0687. The van der Waals surface area contributed by atoms with Crippen LogP contribution in [0.4, 0.5) is 0 Å². The molecular weight excluding hydrogens is 398 g/mol. The number of nitrogens with zero attached hydrogens (tertiary/aromatic N) is 2. The fourth-order valence-corrected chi connectivity index (χ4v) is 2.98. The van der Waals surface area contributed by atoms with E-state index in [1.165, 1.54) is 17.9 Å². The molecule has 2 aromatic carbocycles. The van der Waals surface area contributed by atoms with E-state index in [4.69, 9.17) is 16.3 Å². The van der Waals surface area contributed by atoms with Gasteiger partial charge in [0, 0.05) is 11.1 Å². The Balaban J connectivity index is 1.86. The van der Waals surface area contributed by atoms with Crippen LogP contribution in [-0.2, 0) is 4.79 Å². The molecule has 0 fully saturated rings. The predicted octanol–water partition coefficient (Wildman–Crippen LogP) is 3.19. The molecule has 3 rings (SSSR count). The number of carboxylic acids is 1. The summed E-state index contributed by atoms with van der Waals surface area (Å²) < 4.78 is 6.32. The average Bonchev–Trinajstić information content (AvgIpc) is 3.09. The average molecular weight is 416 g/mol. The Labute approximate surface area is 171 Å². The first-order valence-electron chi connectivity index (χ1n) is 8.59. The van der Waals surface area contributed by atoms with Crippen molar-refractivity contribution in [3.05, 3.63) is 70.9 Å². The molecule has 0 saturated carbocycles. The summed E-state index contributed by atoms with van der Waals surface area (Å²) in [7, 11) is 1.50. The fraction of sp³-hybridized carbons (Fsp3) is 0.150. The maximum absolute atomic E-state index is 12.7. The maximum atomic E-state index is 12.7. The summed E-state index contributed by atoms with van der Waals surface area (Å²) in [6.07, 6.45) is -0.333. The Hall–Kier alpha value is -3.52. The zero-order chi connectivity index (χ0) is 21.0. The number of hydrogen-bond donors (Lipinski definition) is 3. The highest BCUT2D eigenvalue weighted by Crippen LogP contribution is 2.24. The number of aromatic hydroxyl groups is 1. The minimum atomic E-state index is -1.08. The van der Waals surface area contributed by atoms with Crippen molar-refractivity contribution in [2.24, 2.45) is 0 Å². The molecule has 3 N–H and O–H groups in total. The first-order chi connectivity index (χ1) is 13.9. The lowest BCUT2D eigenvalue weighted by atomic mass is 10.0. The summed E-state index contributed by atoms with van der Waals surface area (Å²) in [6.45, 7) is 0. The van der Waals surface area contributed by atoms with Crippen LogP contribution in [0.15, 0.2) is 54.6 Å². The molecule has 0 bridgehead atoms. The summed E-state index contributed by atoms with van der Waals surface area (Å²) in [5.41, 5.74) is 0.975. The summed E-state index contributed by atoms with van der Waals surface area (Å²) in [4.78, 5) is 24.0. The quantitative estimate of drug-likeness (QED) is 0.546. The molecule has 150 valence electrons. The highest BCUT2D eigenvalue weighted by Gasteiger charge is 2.22. The van der Waals surface area contributed by atoms with Gasteiger partial charge in [0.25, 0.3) is 5.91 Å². The number of aromatic nitrogens is 2. The van der Waals surface area contributed by atoms with Crippen molar-refractivity contribution in [3.63, 3.8) is 0 Å². The van der Waals surface area contributed by atoms with Gasteiger partial charge in [-0.1, -0.05) is 29.8 Å². The fourth-order valence-electron chi connectivity index (χ4n) is 2.80. The Kier molecular flexibility index (Phi) is 6.04. The van der Waals surface area contributed by atoms with Crippen molar-refractivity contribution in [2.75, 3.05) is 7.11 Å². The third kappa shape index (κ3) is 4.85. The lowest BCUT2D eigenvalue weighted by Crippen LogP contribution is -2.30. The second kappa shape index (κ2) is 8.66. The Bertz CT molecular complexity index is 1050. The Morgan fingerprint density at radius 1 is 1.21 bits per heavy atom. The van der Waals surface area contributed by atoms with Crippen molar-refractivity contribution in [3.8, 4) is 17.3 Å². The van der Waals surface area contributed by atoms with Crippen LogP contribution in [0.1, 0.15) is 28.5 Å². The number of carbonyl (C=O) groups is 2. The predicted molar refractivity (Wildman–Crippen MR) is 106 cm³/mol. The first-order valence-corrected chi connectivity index (χ1v) is 8.96. The van der Waals surface area contributed by atoms with Crippen molar-refractivity contribution in [1.82, 2.24) is 15.1 Å². The van der Waals surface area contributed by atoms with Crippen LogP contribution in [-0.4, -0.2) is 39.0 Å². The number of methoxy groups -OCH3 is 1. The van der Waals surface area contributed by atoms with Crippen molar-refractivity contribution in [1.29, 1.82) is 0 Å². The van der Waals surface area contributed by atoms with Gasteiger partial charge < -0.3 is 20.3 Å². The zero-order valence-electron chi connectivity index (χ0n) is 15.4. The number of carboxylic acid groups (broad SMARTS) is 1. The van der Waals surface area contributed by atoms with Gasteiger partial charge in [0.05, 0.1) is 25.3 Å². The third-order valence-corrected chi connectivity index (χ3v) is 4.39. The number of ether oxygens (including phenoxy) is 1. The highest BCUT2D eigenvalue weighted by atomic mass is 35.5. The van der Waals surface area contributed by atoms with Crippen LogP contribution >= 0.6 is 11.6 Å². The number of aliphatic carboxylic acids is 1. The standard InChI is InChI=1S/C20H18ClN3O5/c1-29-15-7-2-4-12(8-15)16(11-19(26)27)22-20(28)17-10-18(25)24(23-17)14-6-3-5-13(21)9-14/h2-10,16,25H,11H2,1H3,(H,22,28)(H,26,27)/t16-/m0/s1. The lowest BCUT2D eigenvalue weighted by Gasteiger charge is -2.17. The van der Waals surface area contributed by atoms with Crippen LogP contribution in [0.25, 0.3) is 5.69 Å². The van der Waals surface area contributed by atoms with E-state index in [0.717, 1.165) is 0 Å². The Morgan fingerprint density at radius 2 is 1.97 bits per heavy atom.